The number of hydrogen-bond donors (Lipinski definition) is 1. The number of esters is 1. The Balaban J connectivity index is 1.90. The van der Waals surface area contributed by atoms with Crippen LogP contribution in [0.2, 0.25) is 0 Å². The van der Waals surface area contributed by atoms with E-state index in [1.54, 1.807) is 59.1 Å². The maximum Gasteiger partial charge on any atom is 0.348 e. The van der Waals surface area contributed by atoms with Gasteiger partial charge in [0.05, 0.1) is 24.9 Å². The van der Waals surface area contributed by atoms with E-state index in [1.807, 2.05) is 0 Å². The molecule has 0 bridgehead atoms. The summed E-state index contributed by atoms with van der Waals surface area (Å²) in [5, 5.41) is 3.09. The summed E-state index contributed by atoms with van der Waals surface area (Å²) >= 11 is 1.11. The molecule has 1 amide bonds. The molecule has 0 aliphatic heterocycles. The van der Waals surface area contributed by atoms with E-state index in [4.69, 9.17) is 9.47 Å². The van der Waals surface area contributed by atoms with Gasteiger partial charge in [0, 0.05) is 5.69 Å². The minimum atomic E-state index is -0.804. The van der Waals surface area contributed by atoms with E-state index in [0.29, 0.717) is 32.1 Å². The Hall–Kier alpha value is -3.20. The van der Waals surface area contributed by atoms with Crippen molar-refractivity contribution in [2.24, 2.45) is 0 Å². The van der Waals surface area contributed by atoms with Gasteiger partial charge in [-0.1, -0.05) is 0 Å². The normalized spacial score (nSPS) is 12.1. The molecule has 0 fully saturated rings. The van der Waals surface area contributed by atoms with Gasteiger partial charge in [0.1, 0.15) is 21.5 Å². The highest BCUT2D eigenvalue weighted by molar-refractivity contribution is 7.20. The zero-order chi connectivity index (χ0) is 22.0. The van der Waals surface area contributed by atoms with Gasteiger partial charge in [-0.2, -0.15) is 0 Å². The van der Waals surface area contributed by atoms with Crippen LogP contribution in [0.3, 0.4) is 0 Å². The van der Waals surface area contributed by atoms with Gasteiger partial charge >= 0.3 is 5.97 Å². The van der Waals surface area contributed by atoms with Crippen molar-refractivity contribution < 1.29 is 19.1 Å². The summed E-state index contributed by atoms with van der Waals surface area (Å²) in [6, 6.07) is 6.08. The highest BCUT2D eigenvalue weighted by atomic mass is 32.1. The molecule has 9 heteroatoms. The molecule has 0 radical (unpaired) electrons. The molecule has 0 aliphatic carbocycles. The lowest BCUT2D eigenvalue weighted by Gasteiger charge is -2.15. The predicted molar refractivity (Wildman–Crippen MR) is 116 cm³/mol. The molecule has 30 heavy (non-hydrogen) atoms. The minimum absolute atomic E-state index is 0.270. The smallest absolute Gasteiger partial charge is 0.348 e. The predicted octanol–water partition coefficient (Wildman–Crippen LogP) is 3.54. The van der Waals surface area contributed by atoms with Crippen molar-refractivity contribution in [1.82, 2.24) is 9.55 Å². The third-order valence-electron chi connectivity index (χ3n) is 4.56. The van der Waals surface area contributed by atoms with E-state index in [9.17, 15) is 14.4 Å². The number of fused-ring (bicyclic) bond motifs is 1. The highest BCUT2D eigenvalue weighted by Gasteiger charge is 2.24. The van der Waals surface area contributed by atoms with Crippen LogP contribution in [0.4, 0.5) is 5.69 Å². The minimum Gasteiger partial charge on any atom is -0.497 e. The Bertz CT molecular complexity index is 1150. The lowest BCUT2D eigenvalue weighted by Crippen LogP contribution is -2.31. The second-order valence-electron chi connectivity index (χ2n) is 7.04. The number of amides is 1. The molecule has 0 saturated heterocycles. The number of rotatable bonds is 6. The van der Waals surface area contributed by atoms with Crippen LogP contribution in [0, 0.1) is 6.92 Å². The number of benzene rings is 1. The summed E-state index contributed by atoms with van der Waals surface area (Å²) in [5.74, 6) is -0.177. The molecule has 0 spiro atoms. The molecule has 1 atom stereocenters. The van der Waals surface area contributed by atoms with Crippen LogP contribution < -0.4 is 15.6 Å². The average molecular weight is 429 g/mol. The van der Waals surface area contributed by atoms with Gasteiger partial charge in [-0.3, -0.25) is 14.2 Å². The number of ether oxygens (including phenoxy) is 2. The second kappa shape index (κ2) is 8.66. The van der Waals surface area contributed by atoms with Crippen molar-refractivity contribution in [2.75, 3.05) is 12.4 Å². The topological polar surface area (TPSA) is 99.5 Å². The molecule has 0 saturated carbocycles. The molecule has 0 unspecified atom stereocenters. The van der Waals surface area contributed by atoms with Crippen LogP contribution in [-0.2, 0) is 9.53 Å². The first kappa shape index (κ1) is 21.5. The van der Waals surface area contributed by atoms with E-state index in [-0.39, 0.29) is 17.6 Å². The van der Waals surface area contributed by atoms with E-state index in [0.717, 1.165) is 11.3 Å². The molecule has 1 N–H and O–H groups in total. The summed E-state index contributed by atoms with van der Waals surface area (Å²) in [6.07, 6.45) is 1.06. The largest absolute Gasteiger partial charge is 0.497 e. The Morgan fingerprint density at radius 1 is 1.17 bits per heavy atom. The molecule has 3 aromatic rings. The second-order valence-corrected chi connectivity index (χ2v) is 8.04. The third-order valence-corrected chi connectivity index (χ3v) is 5.74. The fourth-order valence-corrected chi connectivity index (χ4v) is 3.95. The Morgan fingerprint density at radius 2 is 1.83 bits per heavy atom. The van der Waals surface area contributed by atoms with Crippen molar-refractivity contribution >= 4 is 39.1 Å². The van der Waals surface area contributed by atoms with Gasteiger partial charge in [-0.05, 0) is 57.5 Å². The Kier molecular flexibility index (Phi) is 6.21. The van der Waals surface area contributed by atoms with Crippen LogP contribution in [0.1, 0.15) is 42.0 Å². The van der Waals surface area contributed by atoms with Gasteiger partial charge in [-0.25, -0.2) is 9.78 Å². The highest BCUT2D eigenvalue weighted by Crippen LogP contribution is 2.28. The van der Waals surface area contributed by atoms with Crippen molar-refractivity contribution in [1.29, 1.82) is 0 Å². The monoisotopic (exact) mass is 429 g/mol. The first-order valence-corrected chi connectivity index (χ1v) is 10.2. The lowest BCUT2D eigenvalue weighted by molar-refractivity contribution is -0.118. The third kappa shape index (κ3) is 4.20. The molecule has 0 aliphatic rings. The molecule has 158 valence electrons. The van der Waals surface area contributed by atoms with Gasteiger partial charge < -0.3 is 14.8 Å². The maximum atomic E-state index is 13.1. The SMILES string of the molecule is COc1ccc(NC(=O)[C@@H](C)n2cnc3sc(C(=O)OC(C)C)c(C)c3c2=O)cc1. The average Bonchev–Trinajstić information content (AvgIpc) is 3.05. The van der Waals surface area contributed by atoms with Crippen LogP contribution in [-0.4, -0.2) is 34.6 Å². The number of aromatic nitrogens is 2. The number of anilines is 1. The van der Waals surface area contributed by atoms with Crippen LogP contribution >= 0.6 is 11.3 Å². The summed E-state index contributed by atoms with van der Waals surface area (Å²) < 4.78 is 11.6. The summed E-state index contributed by atoms with van der Waals surface area (Å²) in [6.45, 7) is 6.82. The van der Waals surface area contributed by atoms with E-state index in [1.165, 1.54) is 10.9 Å². The van der Waals surface area contributed by atoms with Crippen LogP contribution in [0.25, 0.3) is 10.2 Å². The fourth-order valence-electron chi connectivity index (χ4n) is 2.92. The summed E-state index contributed by atoms with van der Waals surface area (Å²) in [7, 11) is 1.56. The number of carbonyl (C=O) groups excluding carboxylic acids is 2. The standard InChI is InChI=1S/C21H23N3O5S/c1-11(2)29-21(27)17-12(3)16-19(30-17)22-10-24(20(16)26)13(4)18(25)23-14-6-8-15(28-5)9-7-14/h6-11,13H,1-5H3,(H,23,25)/t13-/m1/s1. The zero-order valence-corrected chi connectivity index (χ0v) is 18.2. The number of methoxy groups -OCH3 is 1. The zero-order valence-electron chi connectivity index (χ0n) is 17.4. The molecule has 3 rings (SSSR count). The van der Waals surface area contributed by atoms with E-state index < -0.39 is 12.0 Å². The molecule has 8 nitrogen and oxygen atoms in total. The fraction of sp³-hybridized carbons (Fsp3) is 0.333. The molecule has 1 aromatic carbocycles. The van der Waals surface area contributed by atoms with Crippen molar-refractivity contribution in [3.8, 4) is 5.75 Å². The van der Waals surface area contributed by atoms with Crippen LogP contribution in [0.15, 0.2) is 35.4 Å². The number of hydrogen-bond acceptors (Lipinski definition) is 7. The van der Waals surface area contributed by atoms with Gasteiger partial charge in [0.25, 0.3) is 5.56 Å². The van der Waals surface area contributed by atoms with Gasteiger partial charge in [-0.15, -0.1) is 11.3 Å². The number of aryl methyl sites for hydroxylation is 1. The molecular weight excluding hydrogens is 406 g/mol. The quantitative estimate of drug-likeness (QED) is 0.602. The van der Waals surface area contributed by atoms with E-state index in [2.05, 4.69) is 10.3 Å². The van der Waals surface area contributed by atoms with Crippen LogP contribution in [0.5, 0.6) is 5.75 Å². The molecule has 2 heterocycles. The number of nitrogens with zero attached hydrogens (tertiary/aromatic N) is 2. The number of nitrogens with one attached hydrogen (secondary N) is 1. The van der Waals surface area contributed by atoms with Gasteiger partial charge in [0.2, 0.25) is 5.91 Å². The Morgan fingerprint density at radius 3 is 2.43 bits per heavy atom. The lowest BCUT2D eigenvalue weighted by atomic mass is 10.2. The van der Waals surface area contributed by atoms with E-state index >= 15 is 0 Å². The van der Waals surface area contributed by atoms with Crippen molar-refractivity contribution in [2.45, 2.75) is 39.8 Å². The first-order chi connectivity index (χ1) is 14.2. The first-order valence-electron chi connectivity index (χ1n) is 9.39. The molecular formula is C21H23N3O5S. The maximum absolute atomic E-state index is 13.1. The van der Waals surface area contributed by atoms with Crippen molar-refractivity contribution in [3.05, 3.63) is 51.4 Å². The summed E-state index contributed by atoms with van der Waals surface area (Å²) in [5.41, 5.74) is 0.713. The number of carbonyl (C=O) groups is 2. The molecule has 2 aromatic heterocycles. The summed E-state index contributed by atoms with van der Waals surface area (Å²) in [4.78, 5) is 43.1. The van der Waals surface area contributed by atoms with Gasteiger partial charge in [0.15, 0.2) is 0 Å². The Labute approximate surface area is 177 Å². The van der Waals surface area contributed by atoms with Crippen molar-refractivity contribution in [3.63, 3.8) is 0 Å². The number of thiophene rings is 1.